The minimum absolute atomic E-state index is 0.0101. The lowest BCUT2D eigenvalue weighted by Crippen LogP contribution is -2.37. The Kier molecular flexibility index (Phi) is 2.92. The van der Waals surface area contributed by atoms with Gasteiger partial charge >= 0.3 is 0 Å². The Balaban J connectivity index is 2.14. The number of hydrogen-bond donors (Lipinski definition) is 1. The molecule has 0 radical (unpaired) electrons. The van der Waals surface area contributed by atoms with Crippen LogP contribution in [0.25, 0.3) is 0 Å². The summed E-state index contributed by atoms with van der Waals surface area (Å²) >= 11 is 0. The molecule has 1 aliphatic carbocycles. The monoisotopic (exact) mass is 223 g/mol. The van der Waals surface area contributed by atoms with Gasteiger partial charge in [-0.25, -0.2) is 4.39 Å². The SMILES string of the molecule is COCC(=O)NC1(c2ccccc2F)CC1. The fourth-order valence-corrected chi connectivity index (χ4v) is 1.87. The van der Waals surface area contributed by atoms with Gasteiger partial charge in [0.1, 0.15) is 12.4 Å². The molecular weight excluding hydrogens is 209 g/mol. The summed E-state index contributed by atoms with van der Waals surface area (Å²) in [6, 6.07) is 6.56. The predicted octanol–water partition coefficient (Wildman–Crippen LogP) is 1.58. The molecule has 0 saturated heterocycles. The Bertz CT molecular complexity index is 402. The van der Waals surface area contributed by atoms with Crippen LogP contribution in [0.15, 0.2) is 24.3 Å². The molecule has 0 heterocycles. The highest BCUT2D eigenvalue weighted by Crippen LogP contribution is 2.46. The van der Waals surface area contributed by atoms with Gasteiger partial charge in [0.15, 0.2) is 0 Å². The van der Waals surface area contributed by atoms with Gasteiger partial charge in [-0.1, -0.05) is 18.2 Å². The number of rotatable bonds is 4. The van der Waals surface area contributed by atoms with E-state index in [2.05, 4.69) is 5.32 Å². The Morgan fingerprint density at radius 3 is 2.75 bits per heavy atom. The van der Waals surface area contributed by atoms with Crippen LogP contribution in [0.5, 0.6) is 0 Å². The number of methoxy groups -OCH3 is 1. The van der Waals surface area contributed by atoms with Crippen molar-refractivity contribution in [2.45, 2.75) is 18.4 Å². The number of nitrogens with one attached hydrogen (secondary N) is 1. The summed E-state index contributed by atoms with van der Waals surface area (Å²) in [7, 11) is 1.46. The van der Waals surface area contributed by atoms with E-state index in [4.69, 9.17) is 4.74 Å². The Hall–Kier alpha value is -1.42. The number of carbonyl (C=O) groups is 1. The largest absolute Gasteiger partial charge is 0.375 e. The van der Waals surface area contributed by atoms with Crippen LogP contribution < -0.4 is 5.32 Å². The third-order valence-electron chi connectivity index (χ3n) is 2.79. The number of hydrogen-bond acceptors (Lipinski definition) is 2. The van der Waals surface area contributed by atoms with E-state index >= 15 is 0 Å². The third kappa shape index (κ3) is 2.07. The summed E-state index contributed by atoms with van der Waals surface area (Å²) in [4.78, 5) is 11.4. The van der Waals surface area contributed by atoms with E-state index < -0.39 is 5.54 Å². The first kappa shape index (κ1) is 11.1. The van der Waals surface area contributed by atoms with E-state index in [1.165, 1.54) is 13.2 Å². The van der Waals surface area contributed by atoms with E-state index in [9.17, 15) is 9.18 Å². The minimum atomic E-state index is -0.499. The molecule has 1 aromatic rings. The number of carbonyl (C=O) groups excluding carboxylic acids is 1. The molecule has 1 aliphatic rings. The maximum absolute atomic E-state index is 13.6. The first-order valence-electron chi connectivity index (χ1n) is 5.23. The van der Waals surface area contributed by atoms with Crippen molar-refractivity contribution >= 4 is 5.91 Å². The van der Waals surface area contributed by atoms with Crippen molar-refractivity contribution in [3.63, 3.8) is 0 Å². The molecule has 0 atom stereocenters. The highest BCUT2D eigenvalue weighted by atomic mass is 19.1. The second kappa shape index (κ2) is 4.22. The van der Waals surface area contributed by atoms with Gasteiger partial charge in [0.05, 0.1) is 5.54 Å². The number of amides is 1. The minimum Gasteiger partial charge on any atom is -0.375 e. The molecule has 0 spiro atoms. The summed E-state index contributed by atoms with van der Waals surface area (Å²) in [6.45, 7) is 0.0101. The van der Waals surface area contributed by atoms with Gasteiger partial charge in [-0.2, -0.15) is 0 Å². The van der Waals surface area contributed by atoms with Crippen LogP contribution in [0.4, 0.5) is 4.39 Å². The quantitative estimate of drug-likeness (QED) is 0.841. The first-order chi connectivity index (χ1) is 7.68. The maximum atomic E-state index is 13.6. The van der Waals surface area contributed by atoms with Gasteiger partial charge in [0, 0.05) is 12.7 Å². The standard InChI is InChI=1S/C12H14FNO2/c1-16-8-11(15)14-12(6-7-12)9-4-2-3-5-10(9)13/h2-5H,6-8H2,1H3,(H,14,15). The topological polar surface area (TPSA) is 38.3 Å². The molecule has 0 aliphatic heterocycles. The Morgan fingerprint density at radius 1 is 1.50 bits per heavy atom. The second-order valence-corrected chi connectivity index (χ2v) is 4.04. The fourth-order valence-electron chi connectivity index (χ4n) is 1.87. The summed E-state index contributed by atoms with van der Waals surface area (Å²) in [5.41, 5.74) is 0.0699. The lowest BCUT2D eigenvalue weighted by Gasteiger charge is -2.18. The molecule has 1 fully saturated rings. The van der Waals surface area contributed by atoms with Crippen LogP contribution in [-0.2, 0) is 15.1 Å². The van der Waals surface area contributed by atoms with Crippen molar-refractivity contribution in [1.29, 1.82) is 0 Å². The van der Waals surface area contributed by atoms with Crippen molar-refractivity contribution in [3.8, 4) is 0 Å². The first-order valence-corrected chi connectivity index (χ1v) is 5.23. The van der Waals surface area contributed by atoms with E-state index in [0.717, 1.165) is 12.8 Å². The molecule has 0 unspecified atom stereocenters. The fraction of sp³-hybridized carbons (Fsp3) is 0.417. The summed E-state index contributed by atoms with van der Waals surface area (Å²) < 4.78 is 18.3. The van der Waals surface area contributed by atoms with Crippen LogP contribution in [0.3, 0.4) is 0 Å². The summed E-state index contributed by atoms with van der Waals surface area (Å²) in [6.07, 6.45) is 1.56. The van der Waals surface area contributed by atoms with E-state index in [1.807, 2.05) is 0 Å². The Morgan fingerprint density at radius 2 is 2.19 bits per heavy atom. The summed E-state index contributed by atoms with van der Waals surface area (Å²) in [5.74, 6) is -0.471. The average molecular weight is 223 g/mol. The molecule has 86 valence electrons. The summed E-state index contributed by atoms with van der Waals surface area (Å²) in [5, 5.41) is 2.82. The van der Waals surface area contributed by atoms with Crippen LogP contribution in [0.1, 0.15) is 18.4 Å². The zero-order chi connectivity index (χ0) is 11.6. The molecule has 0 bridgehead atoms. The maximum Gasteiger partial charge on any atom is 0.246 e. The second-order valence-electron chi connectivity index (χ2n) is 4.04. The van der Waals surface area contributed by atoms with Gasteiger partial charge in [-0.15, -0.1) is 0 Å². The molecule has 2 rings (SSSR count). The van der Waals surface area contributed by atoms with Crippen LogP contribution in [0.2, 0.25) is 0 Å². The van der Waals surface area contributed by atoms with Crippen LogP contribution in [0, 0.1) is 5.82 Å². The zero-order valence-electron chi connectivity index (χ0n) is 9.13. The third-order valence-corrected chi connectivity index (χ3v) is 2.79. The Labute approximate surface area is 93.6 Å². The molecule has 0 aromatic heterocycles. The molecule has 4 heteroatoms. The van der Waals surface area contributed by atoms with Gasteiger partial charge in [-0.05, 0) is 18.9 Å². The number of ether oxygens (including phenoxy) is 1. The van der Waals surface area contributed by atoms with Crippen molar-refractivity contribution in [2.24, 2.45) is 0 Å². The zero-order valence-corrected chi connectivity index (χ0v) is 9.13. The van der Waals surface area contributed by atoms with Gasteiger partial charge in [0.25, 0.3) is 0 Å². The van der Waals surface area contributed by atoms with E-state index in [-0.39, 0.29) is 18.3 Å². The smallest absolute Gasteiger partial charge is 0.246 e. The van der Waals surface area contributed by atoms with Crippen molar-refractivity contribution in [1.82, 2.24) is 5.32 Å². The van der Waals surface area contributed by atoms with Crippen molar-refractivity contribution < 1.29 is 13.9 Å². The van der Waals surface area contributed by atoms with Gasteiger partial charge < -0.3 is 10.1 Å². The molecule has 16 heavy (non-hydrogen) atoms. The normalized spacial score (nSPS) is 16.9. The van der Waals surface area contributed by atoms with Gasteiger partial charge in [0.2, 0.25) is 5.91 Å². The van der Waals surface area contributed by atoms with E-state index in [0.29, 0.717) is 5.56 Å². The average Bonchev–Trinajstić information content (AvgIpc) is 2.99. The molecule has 1 amide bonds. The highest BCUT2D eigenvalue weighted by Gasteiger charge is 2.47. The lowest BCUT2D eigenvalue weighted by atomic mass is 10.0. The highest BCUT2D eigenvalue weighted by molar-refractivity contribution is 5.78. The molecule has 1 saturated carbocycles. The number of benzene rings is 1. The lowest BCUT2D eigenvalue weighted by molar-refractivity contribution is -0.125. The predicted molar refractivity (Wildman–Crippen MR) is 57.3 cm³/mol. The van der Waals surface area contributed by atoms with Crippen LogP contribution >= 0.6 is 0 Å². The van der Waals surface area contributed by atoms with Crippen LogP contribution in [-0.4, -0.2) is 19.6 Å². The van der Waals surface area contributed by atoms with Crippen molar-refractivity contribution in [3.05, 3.63) is 35.6 Å². The van der Waals surface area contributed by atoms with Crippen molar-refractivity contribution in [2.75, 3.05) is 13.7 Å². The molecule has 1 aromatic carbocycles. The molecule has 3 nitrogen and oxygen atoms in total. The molecular formula is C12H14FNO2. The van der Waals surface area contributed by atoms with Gasteiger partial charge in [-0.3, -0.25) is 4.79 Å². The van der Waals surface area contributed by atoms with E-state index in [1.54, 1.807) is 18.2 Å². The number of halogens is 1. The molecule has 1 N–H and O–H groups in total.